The Balaban J connectivity index is 1.42. The van der Waals surface area contributed by atoms with Crippen molar-refractivity contribution in [2.75, 3.05) is 6.61 Å². The van der Waals surface area contributed by atoms with Gasteiger partial charge in [-0.05, 0) is 28.7 Å². The average molecular weight is 401 g/mol. The number of alkyl halides is 2. The molecule has 2 aliphatic carbocycles. The molecule has 2 aromatic rings. The summed E-state index contributed by atoms with van der Waals surface area (Å²) in [7, 11) is 0. The molecular formula is C22H21F2NO4. The fraction of sp³-hybridized carbons (Fsp3) is 0.364. The number of aliphatic carboxylic acids is 1. The maximum Gasteiger partial charge on any atom is 0.407 e. The molecule has 2 unspecified atom stereocenters. The highest BCUT2D eigenvalue weighted by Crippen LogP contribution is 2.62. The van der Waals surface area contributed by atoms with Gasteiger partial charge < -0.3 is 15.2 Å². The molecule has 0 saturated heterocycles. The summed E-state index contributed by atoms with van der Waals surface area (Å²) < 4.78 is 32.2. The zero-order valence-electron chi connectivity index (χ0n) is 15.8. The first-order valence-corrected chi connectivity index (χ1v) is 9.44. The summed E-state index contributed by atoms with van der Waals surface area (Å²) in [6.07, 6.45) is -1.65. The highest BCUT2D eigenvalue weighted by Gasteiger charge is 2.68. The van der Waals surface area contributed by atoms with Gasteiger partial charge in [0.2, 0.25) is 0 Å². The van der Waals surface area contributed by atoms with Crippen LogP contribution in [-0.4, -0.2) is 35.7 Å². The normalized spacial score (nSPS) is 22.3. The second kappa shape index (κ2) is 6.83. The number of benzene rings is 2. The van der Waals surface area contributed by atoms with Crippen LogP contribution in [0.5, 0.6) is 0 Å². The van der Waals surface area contributed by atoms with Crippen LogP contribution in [0.4, 0.5) is 13.6 Å². The van der Waals surface area contributed by atoms with Gasteiger partial charge in [0.25, 0.3) is 5.92 Å². The number of ether oxygens (including phenoxy) is 1. The maximum absolute atomic E-state index is 13.4. The standard InChI is InChI=1S/C22H21F2NO4/c1-21(12-22(21,23)24)10-18(19(26)27)25-20(28)29-11-17-15-8-4-2-6-13(15)14-7-3-5-9-16(14)17/h2-9,17-18H,10-12H2,1H3,(H,25,28)(H,26,27). The molecule has 0 heterocycles. The summed E-state index contributed by atoms with van der Waals surface area (Å²) >= 11 is 0. The lowest BCUT2D eigenvalue weighted by molar-refractivity contribution is -0.140. The zero-order chi connectivity index (χ0) is 20.8. The van der Waals surface area contributed by atoms with Crippen LogP contribution >= 0.6 is 0 Å². The molecule has 1 fully saturated rings. The van der Waals surface area contributed by atoms with Gasteiger partial charge in [-0.25, -0.2) is 18.4 Å². The Bertz CT molecular complexity index is 931. The van der Waals surface area contributed by atoms with E-state index in [9.17, 15) is 23.5 Å². The average Bonchev–Trinajstić information content (AvgIpc) is 3.03. The third kappa shape index (κ3) is 3.45. The van der Waals surface area contributed by atoms with Crippen LogP contribution in [0.2, 0.25) is 0 Å². The van der Waals surface area contributed by atoms with Crippen molar-refractivity contribution in [3.8, 4) is 11.1 Å². The van der Waals surface area contributed by atoms with E-state index >= 15 is 0 Å². The number of hydrogen-bond donors (Lipinski definition) is 2. The quantitative estimate of drug-likeness (QED) is 0.752. The number of amides is 1. The summed E-state index contributed by atoms with van der Waals surface area (Å²) in [5.41, 5.74) is 2.80. The van der Waals surface area contributed by atoms with Gasteiger partial charge >= 0.3 is 12.1 Å². The van der Waals surface area contributed by atoms with Crippen LogP contribution in [0.3, 0.4) is 0 Å². The van der Waals surface area contributed by atoms with Crippen LogP contribution in [0.25, 0.3) is 11.1 Å². The fourth-order valence-electron chi connectivity index (χ4n) is 4.10. The van der Waals surface area contributed by atoms with Crippen molar-refractivity contribution in [1.29, 1.82) is 0 Å². The van der Waals surface area contributed by atoms with Gasteiger partial charge in [0.15, 0.2) is 0 Å². The Morgan fingerprint density at radius 2 is 1.66 bits per heavy atom. The Kier molecular flexibility index (Phi) is 4.56. The van der Waals surface area contributed by atoms with E-state index in [1.54, 1.807) is 0 Å². The van der Waals surface area contributed by atoms with Crippen molar-refractivity contribution in [1.82, 2.24) is 5.32 Å². The molecule has 1 amide bonds. The number of alkyl carbamates (subject to hydrolysis) is 1. The summed E-state index contributed by atoms with van der Waals surface area (Å²) in [4.78, 5) is 23.6. The summed E-state index contributed by atoms with van der Waals surface area (Å²) in [5, 5.41) is 11.5. The van der Waals surface area contributed by atoms with Crippen molar-refractivity contribution in [2.24, 2.45) is 5.41 Å². The lowest BCUT2D eigenvalue weighted by Crippen LogP contribution is -2.43. The number of fused-ring (bicyclic) bond motifs is 3. The van der Waals surface area contributed by atoms with Crippen LogP contribution in [0.15, 0.2) is 48.5 Å². The number of carbonyl (C=O) groups is 2. The largest absolute Gasteiger partial charge is 0.480 e. The fourth-order valence-corrected chi connectivity index (χ4v) is 4.10. The Labute approximate surface area is 166 Å². The third-order valence-electron chi connectivity index (χ3n) is 5.96. The molecule has 0 bridgehead atoms. The highest BCUT2D eigenvalue weighted by molar-refractivity contribution is 5.81. The van der Waals surface area contributed by atoms with Crippen LogP contribution in [0.1, 0.15) is 36.8 Å². The second-order valence-corrected chi connectivity index (χ2v) is 8.01. The first-order valence-electron chi connectivity index (χ1n) is 9.44. The van der Waals surface area contributed by atoms with Crippen molar-refractivity contribution in [2.45, 2.75) is 37.6 Å². The van der Waals surface area contributed by atoms with E-state index < -0.39 is 29.4 Å². The minimum Gasteiger partial charge on any atom is -0.480 e. The number of carboxylic acids is 1. The van der Waals surface area contributed by atoms with E-state index in [0.717, 1.165) is 22.3 Å². The molecule has 2 atom stereocenters. The molecule has 0 aromatic heterocycles. The molecule has 7 heteroatoms. The number of halogens is 2. The summed E-state index contributed by atoms with van der Waals surface area (Å²) in [6, 6.07) is 14.2. The number of carbonyl (C=O) groups excluding carboxylic acids is 1. The van der Waals surface area contributed by atoms with Gasteiger partial charge in [-0.1, -0.05) is 55.5 Å². The van der Waals surface area contributed by atoms with E-state index in [0.29, 0.717) is 0 Å². The molecule has 4 rings (SSSR count). The zero-order valence-corrected chi connectivity index (χ0v) is 15.8. The van der Waals surface area contributed by atoms with Crippen molar-refractivity contribution in [3.05, 3.63) is 59.7 Å². The predicted molar refractivity (Wildman–Crippen MR) is 102 cm³/mol. The summed E-state index contributed by atoms with van der Waals surface area (Å²) in [5.74, 6) is -4.42. The minimum absolute atomic E-state index is 0.0274. The van der Waals surface area contributed by atoms with Crippen LogP contribution in [-0.2, 0) is 9.53 Å². The molecule has 1 saturated carbocycles. The topological polar surface area (TPSA) is 75.6 Å². The number of carboxylic acid groups (broad SMARTS) is 1. The van der Waals surface area contributed by atoms with Crippen LogP contribution in [0, 0.1) is 5.41 Å². The second-order valence-electron chi connectivity index (χ2n) is 8.01. The smallest absolute Gasteiger partial charge is 0.407 e. The van der Waals surface area contributed by atoms with Gasteiger partial charge in [-0.3, -0.25) is 0 Å². The molecule has 0 spiro atoms. The van der Waals surface area contributed by atoms with Gasteiger partial charge in [0.1, 0.15) is 12.6 Å². The first kappa shape index (κ1) is 19.4. The number of nitrogens with one attached hydrogen (secondary N) is 1. The lowest BCUT2D eigenvalue weighted by Gasteiger charge is -2.20. The van der Waals surface area contributed by atoms with E-state index in [1.165, 1.54) is 6.92 Å². The number of rotatable bonds is 6. The van der Waals surface area contributed by atoms with E-state index in [4.69, 9.17) is 4.74 Å². The van der Waals surface area contributed by atoms with Gasteiger partial charge in [0.05, 0.1) is 0 Å². The maximum atomic E-state index is 13.4. The van der Waals surface area contributed by atoms with E-state index in [2.05, 4.69) is 5.32 Å². The van der Waals surface area contributed by atoms with Gasteiger partial charge in [-0.2, -0.15) is 0 Å². The molecule has 152 valence electrons. The number of hydrogen-bond acceptors (Lipinski definition) is 3. The SMILES string of the molecule is CC1(CC(NC(=O)OCC2c3ccccc3-c3ccccc32)C(=O)O)CC1(F)F. The predicted octanol–water partition coefficient (Wildman–Crippen LogP) is 4.41. The molecule has 0 radical (unpaired) electrons. The molecule has 29 heavy (non-hydrogen) atoms. The first-order chi connectivity index (χ1) is 13.7. The summed E-state index contributed by atoms with van der Waals surface area (Å²) in [6.45, 7) is 1.35. The molecule has 5 nitrogen and oxygen atoms in total. The molecule has 0 aliphatic heterocycles. The van der Waals surface area contributed by atoms with Gasteiger partial charge in [0, 0.05) is 17.8 Å². The Morgan fingerprint density at radius 1 is 1.14 bits per heavy atom. The molecule has 2 aliphatic rings. The highest BCUT2D eigenvalue weighted by atomic mass is 19.3. The van der Waals surface area contributed by atoms with Crippen molar-refractivity contribution >= 4 is 12.1 Å². The van der Waals surface area contributed by atoms with Crippen molar-refractivity contribution < 1.29 is 28.2 Å². The van der Waals surface area contributed by atoms with E-state index in [-0.39, 0.29) is 25.4 Å². The van der Waals surface area contributed by atoms with E-state index in [1.807, 2.05) is 48.5 Å². The lowest BCUT2D eigenvalue weighted by atomic mass is 9.98. The monoisotopic (exact) mass is 401 g/mol. The molecule has 2 aromatic carbocycles. The van der Waals surface area contributed by atoms with Crippen molar-refractivity contribution in [3.63, 3.8) is 0 Å². The Hall–Kier alpha value is -2.96. The third-order valence-corrected chi connectivity index (χ3v) is 5.96. The molecule has 2 N–H and O–H groups in total. The van der Waals surface area contributed by atoms with Gasteiger partial charge in [-0.15, -0.1) is 0 Å². The van der Waals surface area contributed by atoms with Crippen LogP contribution < -0.4 is 5.32 Å². The Morgan fingerprint density at radius 3 is 2.14 bits per heavy atom. The minimum atomic E-state index is -2.90. The molecular weight excluding hydrogens is 380 g/mol.